The Morgan fingerprint density at radius 2 is 2.10 bits per heavy atom. The summed E-state index contributed by atoms with van der Waals surface area (Å²) in [5.41, 5.74) is 3.97. The first-order valence-electron chi connectivity index (χ1n) is 7.93. The molecule has 0 N–H and O–H groups in total. The molecule has 0 aromatic heterocycles. The first kappa shape index (κ1) is 15.1. The minimum Gasteiger partial charge on any atom is -0.315 e. The third-order valence-electron chi connectivity index (χ3n) is 5.44. The maximum atomic E-state index is 11.8. The van der Waals surface area contributed by atoms with Crippen LogP contribution in [-0.4, -0.2) is 13.0 Å². The lowest BCUT2D eigenvalue weighted by atomic mass is 9.66. The summed E-state index contributed by atoms with van der Waals surface area (Å²) >= 11 is 3.96. The third-order valence-corrected chi connectivity index (χ3v) is 6.61. The van der Waals surface area contributed by atoms with Crippen molar-refractivity contribution in [3.63, 3.8) is 0 Å². The molecule has 2 nitrogen and oxygen atoms in total. The molecule has 3 rings (SSSR count). The summed E-state index contributed by atoms with van der Waals surface area (Å²) in [4.78, 5) is 14.0. The Morgan fingerprint density at radius 3 is 2.81 bits per heavy atom. The van der Waals surface area contributed by atoms with Gasteiger partial charge < -0.3 is 4.90 Å². The van der Waals surface area contributed by atoms with Crippen molar-refractivity contribution < 1.29 is 4.79 Å². The number of halogens is 1. The fourth-order valence-corrected chi connectivity index (χ4v) is 5.22. The molecule has 0 saturated heterocycles. The molecule has 21 heavy (non-hydrogen) atoms. The van der Waals surface area contributed by atoms with E-state index in [-0.39, 0.29) is 5.91 Å². The van der Waals surface area contributed by atoms with Gasteiger partial charge in [0.2, 0.25) is 5.91 Å². The van der Waals surface area contributed by atoms with Gasteiger partial charge in [0.15, 0.2) is 0 Å². The molecule has 2 aliphatic rings. The predicted octanol–water partition coefficient (Wildman–Crippen LogP) is 4.86. The zero-order valence-electron chi connectivity index (χ0n) is 13.2. The Morgan fingerprint density at radius 1 is 1.33 bits per heavy atom. The van der Waals surface area contributed by atoms with Crippen LogP contribution in [0, 0.1) is 11.3 Å². The van der Waals surface area contributed by atoms with Crippen LogP contribution in [0.2, 0.25) is 0 Å². The highest BCUT2D eigenvalue weighted by molar-refractivity contribution is 9.09. The summed E-state index contributed by atoms with van der Waals surface area (Å²) in [5.74, 6) is 0.866. The first-order chi connectivity index (χ1) is 9.90. The van der Waals surface area contributed by atoms with E-state index in [9.17, 15) is 4.79 Å². The lowest BCUT2D eigenvalue weighted by molar-refractivity contribution is -0.117. The Balaban J connectivity index is 1.88. The van der Waals surface area contributed by atoms with Crippen molar-refractivity contribution >= 4 is 27.5 Å². The number of anilines is 1. The van der Waals surface area contributed by atoms with E-state index in [4.69, 9.17) is 0 Å². The fraction of sp³-hybridized carbons (Fsp3) is 0.611. The molecular weight excluding hydrogens is 326 g/mol. The number of amides is 1. The Hall–Kier alpha value is -0.830. The smallest absolute Gasteiger partial charge is 0.231 e. The Kier molecular flexibility index (Phi) is 3.89. The standard InChI is InChI=1S/C18H24BrNO/c1-18(2)9-5-4-6-14(18)17(19)12-7-8-15-13(10-12)11-16(21)20(15)3/h7-8,10,14,17H,4-6,9,11H2,1-3H3. The molecule has 1 fully saturated rings. The molecule has 1 heterocycles. The van der Waals surface area contributed by atoms with Crippen molar-refractivity contribution in [1.29, 1.82) is 0 Å². The van der Waals surface area contributed by atoms with Gasteiger partial charge >= 0.3 is 0 Å². The number of likely N-dealkylation sites (N-methyl/N-ethyl adjacent to an activating group) is 1. The normalized spacial score (nSPS) is 25.8. The van der Waals surface area contributed by atoms with E-state index in [1.165, 1.54) is 36.8 Å². The molecule has 0 spiro atoms. The molecule has 3 heteroatoms. The average Bonchev–Trinajstić information content (AvgIpc) is 2.72. The summed E-state index contributed by atoms with van der Waals surface area (Å²) in [6, 6.07) is 6.54. The monoisotopic (exact) mass is 349 g/mol. The molecule has 1 aliphatic carbocycles. The van der Waals surface area contributed by atoms with Crippen LogP contribution < -0.4 is 4.90 Å². The van der Waals surface area contributed by atoms with E-state index in [2.05, 4.69) is 48.0 Å². The van der Waals surface area contributed by atoms with Gasteiger partial charge in [0.1, 0.15) is 0 Å². The molecule has 2 atom stereocenters. The highest BCUT2D eigenvalue weighted by Gasteiger charge is 2.37. The molecule has 1 amide bonds. The molecule has 0 radical (unpaired) electrons. The molecule has 1 aromatic carbocycles. The Labute approximate surface area is 136 Å². The number of fused-ring (bicyclic) bond motifs is 1. The number of nitrogens with zero attached hydrogens (tertiary/aromatic N) is 1. The van der Waals surface area contributed by atoms with Crippen LogP contribution >= 0.6 is 15.9 Å². The van der Waals surface area contributed by atoms with Crippen molar-refractivity contribution in [2.75, 3.05) is 11.9 Å². The van der Waals surface area contributed by atoms with Crippen molar-refractivity contribution in [2.45, 2.75) is 50.8 Å². The average molecular weight is 350 g/mol. The van der Waals surface area contributed by atoms with Crippen LogP contribution in [0.5, 0.6) is 0 Å². The first-order valence-corrected chi connectivity index (χ1v) is 8.85. The largest absolute Gasteiger partial charge is 0.315 e. The topological polar surface area (TPSA) is 20.3 Å². The quantitative estimate of drug-likeness (QED) is 0.698. The third kappa shape index (κ3) is 2.65. The van der Waals surface area contributed by atoms with Gasteiger partial charge in [-0.1, -0.05) is 54.8 Å². The van der Waals surface area contributed by atoms with E-state index >= 15 is 0 Å². The summed E-state index contributed by atoms with van der Waals surface area (Å²) in [6.45, 7) is 4.80. The van der Waals surface area contributed by atoms with Crippen LogP contribution in [-0.2, 0) is 11.2 Å². The summed E-state index contributed by atoms with van der Waals surface area (Å²) < 4.78 is 0. The summed E-state index contributed by atoms with van der Waals surface area (Å²) in [5, 5.41) is 0. The molecule has 2 unspecified atom stereocenters. The zero-order valence-corrected chi connectivity index (χ0v) is 14.7. The number of carbonyl (C=O) groups is 1. The van der Waals surface area contributed by atoms with Gasteiger partial charge in [0, 0.05) is 17.6 Å². The van der Waals surface area contributed by atoms with E-state index in [1.54, 1.807) is 4.90 Å². The Bertz CT molecular complexity index is 566. The van der Waals surface area contributed by atoms with Crippen LogP contribution in [0.25, 0.3) is 0 Å². The van der Waals surface area contributed by atoms with E-state index < -0.39 is 0 Å². The van der Waals surface area contributed by atoms with Gasteiger partial charge in [-0.3, -0.25) is 4.79 Å². The summed E-state index contributed by atoms with van der Waals surface area (Å²) in [6.07, 6.45) is 5.84. The maximum Gasteiger partial charge on any atom is 0.231 e. The number of rotatable bonds is 2. The predicted molar refractivity (Wildman–Crippen MR) is 91.0 cm³/mol. The van der Waals surface area contributed by atoms with Gasteiger partial charge in [0.25, 0.3) is 0 Å². The van der Waals surface area contributed by atoms with Crippen molar-refractivity contribution in [2.24, 2.45) is 11.3 Å². The van der Waals surface area contributed by atoms with E-state index in [1.807, 2.05) is 7.05 Å². The van der Waals surface area contributed by atoms with Gasteiger partial charge in [-0.15, -0.1) is 0 Å². The van der Waals surface area contributed by atoms with Crippen molar-refractivity contribution in [3.8, 4) is 0 Å². The molecule has 1 saturated carbocycles. The number of hydrogen-bond acceptors (Lipinski definition) is 1. The lowest BCUT2D eigenvalue weighted by Gasteiger charge is -2.41. The van der Waals surface area contributed by atoms with Gasteiger partial charge in [-0.05, 0) is 41.4 Å². The molecule has 1 aromatic rings. The van der Waals surface area contributed by atoms with E-state index in [0.29, 0.717) is 22.6 Å². The lowest BCUT2D eigenvalue weighted by Crippen LogP contribution is -2.30. The SMILES string of the molecule is CN1C(=O)Cc2cc(C(Br)C3CCCCC3(C)C)ccc21. The summed E-state index contributed by atoms with van der Waals surface area (Å²) in [7, 11) is 1.86. The number of alkyl halides is 1. The molecule has 114 valence electrons. The number of benzene rings is 1. The minimum atomic E-state index is 0.200. The second-order valence-electron chi connectivity index (χ2n) is 7.26. The van der Waals surface area contributed by atoms with E-state index in [0.717, 1.165) is 5.69 Å². The van der Waals surface area contributed by atoms with Crippen LogP contribution in [0.4, 0.5) is 5.69 Å². The molecular formula is C18H24BrNO. The minimum absolute atomic E-state index is 0.200. The van der Waals surface area contributed by atoms with Crippen LogP contribution in [0.3, 0.4) is 0 Å². The van der Waals surface area contributed by atoms with Crippen LogP contribution in [0.1, 0.15) is 55.5 Å². The van der Waals surface area contributed by atoms with Crippen LogP contribution in [0.15, 0.2) is 18.2 Å². The number of carbonyl (C=O) groups excluding carboxylic acids is 1. The fourth-order valence-electron chi connectivity index (χ4n) is 3.96. The second kappa shape index (κ2) is 5.42. The zero-order chi connectivity index (χ0) is 15.2. The van der Waals surface area contributed by atoms with Gasteiger partial charge in [-0.2, -0.15) is 0 Å². The number of hydrogen-bond donors (Lipinski definition) is 0. The second-order valence-corrected chi connectivity index (χ2v) is 8.25. The highest BCUT2D eigenvalue weighted by atomic mass is 79.9. The van der Waals surface area contributed by atoms with Gasteiger partial charge in [0.05, 0.1) is 6.42 Å². The highest BCUT2D eigenvalue weighted by Crippen LogP contribution is 2.50. The van der Waals surface area contributed by atoms with Crippen molar-refractivity contribution in [3.05, 3.63) is 29.3 Å². The maximum absolute atomic E-state index is 11.8. The van der Waals surface area contributed by atoms with Crippen molar-refractivity contribution in [1.82, 2.24) is 0 Å². The molecule has 0 bridgehead atoms. The molecule has 1 aliphatic heterocycles. The van der Waals surface area contributed by atoms with Gasteiger partial charge in [-0.25, -0.2) is 0 Å².